The van der Waals surface area contributed by atoms with E-state index in [1.807, 2.05) is 6.92 Å². The van der Waals surface area contributed by atoms with Crippen molar-refractivity contribution < 1.29 is 13.2 Å². The molecule has 1 aliphatic rings. The first kappa shape index (κ1) is 14.2. The molecule has 0 aromatic carbocycles. The van der Waals surface area contributed by atoms with Crippen LogP contribution in [0, 0.1) is 5.92 Å². The Labute approximate surface area is 99.2 Å². The maximum absolute atomic E-state index is 12.2. The molecule has 0 saturated carbocycles. The van der Waals surface area contributed by atoms with Gasteiger partial charge in [0.05, 0.1) is 5.71 Å². The standard InChI is InChI=1S/C11H18F3N3/c1-3-9-5-4-6-15-7-10(9)17-16-8(2)11(12,13)14/h9,15H,3-7H2,1-2H3/b16-8+,17-10-. The average molecular weight is 249 g/mol. The fourth-order valence-electron chi connectivity index (χ4n) is 1.75. The van der Waals surface area contributed by atoms with E-state index in [1.54, 1.807) is 0 Å². The number of hydrogen-bond acceptors (Lipinski definition) is 3. The van der Waals surface area contributed by atoms with Crippen molar-refractivity contribution in [1.29, 1.82) is 0 Å². The highest BCUT2D eigenvalue weighted by atomic mass is 19.4. The lowest BCUT2D eigenvalue weighted by Gasteiger charge is -2.12. The molecule has 1 unspecified atom stereocenters. The van der Waals surface area contributed by atoms with Crippen molar-refractivity contribution in [3.63, 3.8) is 0 Å². The first-order valence-electron chi connectivity index (χ1n) is 5.84. The SMILES string of the molecule is CCC1CCCNC/C1=N/N=C(\C)C(F)(F)F. The predicted octanol–water partition coefficient (Wildman–Crippen LogP) is 2.78. The smallest absolute Gasteiger partial charge is 0.311 e. The molecule has 0 spiro atoms. The number of alkyl halides is 3. The molecular formula is C11H18F3N3. The van der Waals surface area contributed by atoms with Crippen LogP contribution in [0.4, 0.5) is 13.2 Å². The van der Waals surface area contributed by atoms with Gasteiger partial charge in [0, 0.05) is 12.5 Å². The molecule has 1 rings (SSSR count). The summed E-state index contributed by atoms with van der Waals surface area (Å²) in [4.78, 5) is 0. The maximum atomic E-state index is 12.2. The average Bonchev–Trinajstić information content (AvgIpc) is 2.48. The summed E-state index contributed by atoms with van der Waals surface area (Å²) in [6.07, 6.45) is -1.51. The molecule has 6 heteroatoms. The molecule has 1 atom stereocenters. The molecule has 98 valence electrons. The second kappa shape index (κ2) is 6.14. The second-order valence-electron chi connectivity index (χ2n) is 4.20. The predicted molar refractivity (Wildman–Crippen MR) is 62.5 cm³/mol. The Bertz CT molecular complexity index is 308. The lowest BCUT2D eigenvalue weighted by molar-refractivity contribution is -0.0593. The van der Waals surface area contributed by atoms with E-state index in [4.69, 9.17) is 0 Å². The number of rotatable bonds is 2. The number of nitrogens with one attached hydrogen (secondary N) is 1. The van der Waals surface area contributed by atoms with Crippen LogP contribution in [0.25, 0.3) is 0 Å². The molecule has 3 nitrogen and oxygen atoms in total. The van der Waals surface area contributed by atoms with Crippen molar-refractivity contribution >= 4 is 11.4 Å². The highest BCUT2D eigenvalue weighted by Crippen LogP contribution is 2.18. The zero-order chi connectivity index (χ0) is 12.9. The first-order chi connectivity index (χ1) is 7.95. The quantitative estimate of drug-likeness (QED) is 0.593. The van der Waals surface area contributed by atoms with Gasteiger partial charge in [0.25, 0.3) is 0 Å². The van der Waals surface area contributed by atoms with Crippen LogP contribution in [-0.4, -0.2) is 30.7 Å². The summed E-state index contributed by atoms with van der Waals surface area (Å²) in [5.41, 5.74) is -0.169. The van der Waals surface area contributed by atoms with Gasteiger partial charge in [-0.25, -0.2) is 0 Å². The van der Waals surface area contributed by atoms with Crippen molar-refractivity contribution in [3.8, 4) is 0 Å². The van der Waals surface area contributed by atoms with Crippen molar-refractivity contribution in [2.24, 2.45) is 16.1 Å². The Morgan fingerprint density at radius 3 is 2.76 bits per heavy atom. The molecule has 0 bridgehead atoms. The Balaban J connectivity index is 2.80. The van der Waals surface area contributed by atoms with Gasteiger partial charge in [-0.05, 0) is 32.7 Å². The van der Waals surface area contributed by atoms with Gasteiger partial charge < -0.3 is 5.32 Å². The molecule has 0 aliphatic carbocycles. The minimum Gasteiger partial charge on any atom is -0.311 e. The van der Waals surface area contributed by atoms with Crippen molar-refractivity contribution in [2.45, 2.75) is 39.3 Å². The largest absolute Gasteiger partial charge is 0.431 e. The Morgan fingerprint density at radius 2 is 2.18 bits per heavy atom. The molecule has 17 heavy (non-hydrogen) atoms. The van der Waals surface area contributed by atoms with Crippen LogP contribution in [0.2, 0.25) is 0 Å². The third-order valence-corrected chi connectivity index (χ3v) is 2.91. The van der Waals surface area contributed by atoms with Gasteiger partial charge in [0.2, 0.25) is 0 Å². The van der Waals surface area contributed by atoms with Crippen LogP contribution < -0.4 is 5.32 Å². The lowest BCUT2D eigenvalue weighted by atomic mass is 9.96. The monoisotopic (exact) mass is 249 g/mol. The maximum Gasteiger partial charge on any atom is 0.431 e. The zero-order valence-corrected chi connectivity index (χ0v) is 10.1. The third kappa shape index (κ3) is 4.46. The van der Waals surface area contributed by atoms with Gasteiger partial charge in [-0.2, -0.15) is 23.4 Å². The van der Waals surface area contributed by atoms with E-state index >= 15 is 0 Å². The molecule has 1 N–H and O–H groups in total. The molecule has 0 radical (unpaired) electrons. The van der Waals surface area contributed by atoms with Crippen molar-refractivity contribution in [3.05, 3.63) is 0 Å². The van der Waals surface area contributed by atoms with Crippen LogP contribution in [-0.2, 0) is 0 Å². The zero-order valence-electron chi connectivity index (χ0n) is 10.1. The lowest BCUT2D eigenvalue weighted by Crippen LogP contribution is -2.25. The summed E-state index contributed by atoms with van der Waals surface area (Å²) in [6, 6.07) is 0. The summed E-state index contributed by atoms with van der Waals surface area (Å²) >= 11 is 0. The molecule has 1 aliphatic heterocycles. The van der Waals surface area contributed by atoms with Crippen LogP contribution in [0.1, 0.15) is 33.1 Å². The van der Waals surface area contributed by atoms with E-state index in [0.717, 1.165) is 38.4 Å². The molecule has 0 aromatic rings. The summed E-state index contributed by atoms with van der Waals surface area (Å²) in [5.74, 6) is 0.245. The van der Waals surface area contributed by atoms with Crippen molar-refractivity contribution in [2.75, 3.05) is 13.1 Å². The molecule has 1 saturated heterocycles. The van der Waals surface area contributed by atoms with Crippen molar-refractivity contribution in [1.82, 2.24) is 5.32 Å². The summed E-state index contributed by atoms with van der Waals surface area (Å²) in [7, 11) is 0. The number of nitrogens with zero attached hydrogens (tertiary/aromatic N) is 2. The fraction of sp³-hybridized carbons (Fsp3) is 0.818. The minimum absolute atomic E-state index is 0.245. The van der Waals surface area contributed by atoms with E-state index in [0.29, 0.717) is 6.54 Å². The Hall–Kier alpha value is -0.910. The van der Waals surface area contributed by atoms with E-state index in [-0.39, 0.29) is 5.92 Å². The molecular weight excluding hydrogens is 231 g/mol. The van der Waals surface area contributed by atoms with Gasteiger partial charge in [0.1, 0.15) is 5.71 Å². The van der Waals surface area contributed by atoms with Gasteiger partial charge in [-0.15, -0.1) is 0 Å². The summed E-state index contributed by atoms with van der Waals surface area (Å²) in [6.45, 7) is 4.38. The topological polar surface area (TPSA) is 36.8 Å². The van der Waals surface area contributed by atoms with Crippen LogP contribution >= 0.6 is 0 Å². The fourth-order valence-corrected chi connectivity index (χ4v) is 1.75. The van der Waals surface area contributed by atoms with Gasteiger partial charge in [-0.3, -0.25) is 0 Å². The normalized spacial score (nSPS) is 26.1. The molecule has 1 heterocycles. The Morgan fingerprint density at radius 1 is 1.47 bits per heavy atom. The minimum atomic E-state index is -4.38. The van der Waals surface area contributed by atoms with E-state index < -0.39 is 11.9 Å². The second-order valence-corrected chi connectivity index (χ2v) is 4.20. The molecule has 0 aromatic heterocycles. The number of halogens is 3. The van der Waals surface area contributed by atoms with Crippen LogP contribution in [0.15, 0.2) is 10.2 Å². The van der Waals surface area contributed by atoms with Gasteiger partial charge in [-0.1, -0.05) is 6.92 Å². The molecule has 0 amide bonds. The highest BCUT2D eigenvalue weighted by Gasteiger charge is 2.32. The molecule has 1 fully saturated rings. The van der Waals surface area contributed by atoms with Crippen LogP contribution in [0.5, 0.6) is 0 Å². The highest BCUT2D eigenvalue weighted by molar-refractivity contribution is 5.91. The van der Waals surface area contributed by atoms with Crippen LogP contribution in [0.3, 0.4) is 0 Å². The summed E-state index contributed by atoms with van der Waals surface area (Å²) < 4.78 is 36.7. The van der Waals surface area contributed by atoms with Gasteiger partial charge >= 0.3 is 6.18 Å². The van der Waals surface area contributed by atoms with E-state index in [1.165, 1.54) is 0 Å². The number of hydrogen-bond donors (Lipinski definition) is 1. The first-order valence-corrected chi connectivity index (χ1v) is 5.84. The van der Waals surface area contributed by atoms with E-state index in [2.05, 4.69) is 15.5 Å². The Kier molecular flexibility index (Phi) is 5.11. The van der Waals surface area contributed by atoms with Gasteiger partial charge in [0.15, 0.2) is 0 Å². The third-order valence-electron chi connectivity index (χ3n) is 2.91. The van der Waals surface area contributed by atoms with E-state index in [9.17, 15) is 13.2 Å². The summed E-state index contributed by atoms with van der Waals surface area (Å²) in [5, 5.41) is 10.2.